The highest BCUT2D eigenvalue weighted by Crippen LogP contribution is 2.44. The van der Waals surface area contributed by atoms with Crippen molar-refractivity contribution in [2.24, 2.45) is 0 Å². The molecule has 1 heteroatoms. The van der Waals surface area contributed by atoms with E-state index in [-0.39, 0.29) is 69.3 Å². The molecule has 8 aromatic carbocycles. The molecule has 210 valence electrons. The van der Waals surface area contributed by atoms with Crippen LogP contribution in [0.3, 0.4) is 0 Å². The summed E-state index contributed by atoms with van der Waals surface area (Å²) in [5.74, 6) is 0. The number of benzene rings is 8. The highest BCUT2D eigenvalue weighted by molar-refractivity contribution is 6.21. The van der Waals surface area contributed by atoms with Gasteiger partial charge in [0.05, 0.1) is 16.4 Å². The van der Waals surface area contributed by atoms with Crippen LogP contribution in [0.2, 0.25) is 0 Å². The summed E-state index contributed by atoms with van der Waals surface area (Å²) in [7, 11) is 0. The highest BCUT2D eigenvalue weighted by Gasteiger charge is 2.17. The van der Waals surface area contributed by atoms with Crippen molar-refractivity contribution in [3.63, 3.8) is 0 Å². The minimum atomic E-state index is -0.487. The fourth-order valence-electron chi connectivity index (χ4n) is 6.23. The second kappa shape index (κ2) is 10.4. The maximum Gasteiger partial charge on any atom is 0.135 e. The summed E-state index contributed by atoms with van der Waals surface area (Å²) < 4.78 is 108. The first kappa shape index (κ1) is 16.2. The predicted molar refractivity (Wildman–Crippen MR) is 190 cm³/mol. The summed E-state index contributed by atoms with van der Waals surface area (Å²) in [6, 6.07) is 26.4. The highest BCUT2D eigenvalue weighted by atomic mass is 16.3. The van der Waals surface area contributed by atoms with Crippen LogP contribution in [0.15, 0.2) is 174 Å². The maximum absolute atomic E-state index is 9.33. The minimum Gasteiger partial charge on any atom is -0.456 e. The van der Waals surface area contributed by atoms with Gasteiger partial charge in [0.1, 0.15) is 11.2 Å². The number of fused-ring (bicyclic) bond motifs is 5. The molecule has 9 aromatic rings. The summed E-state index contributed by atoms with van der Waals surface area (Å²) in [5, 5.41) is 3.76. The Hall–Kier alpha value is -5.92. The first-order valence-corrected chi connectivity index (χ1v) is 14.5. The van der Waals surface area contributed by atoms with Crippen molar-refractivity contribution < 1.29 is 20.9 Å². The van der Waals surface area contributed by atoms with E-state index in [1.807, 2.05) is 78.9 Å². The van der Waals surface area contributed by atoms with Crippen LogP contribution in [0.1, 0.15) is 16.4 Å². The van der Waals surface area contributed by atoms with Gasteiger partial charge in [-0.05, 0) is 90.2 Å². The maximum atomic E-state index is 9.33. The zero-order valence-corrected chi connectivity index (χ0v) is 23.6. The Morgan fingerprint density at radius 3 is 1.64 bits per heavy atom. The van der Waals surface area contributed by atoms with Gasteiger partial charge in [0.15, 0.2) is 0 Å². The molecule has 0 N–H and O–H groups in total. The van der Waals surface area contributed by atoms with Gasteiger partial charge in [0, 0.05) is 10.8 Å². The molecule has 1 heterocycles. The Labute approximate surface area is 278 Å². The molecular formula is C44H28O. The van der Waals surface area contributed by atoms with E-state index in [1.165, 1.54) is 0 Å². The Morgan fingerprint density at radius 2 is 0.933 bits per heavy atom. The third kappa shape index (κ3) is 4.24. The zero-order chi connectivity index (χ0) is 40.2. The van der Waals surface area contributed by atoms with Crippen LogP contribution in [0.5, 0.6) is 0 Å². The smallest absolute Gasteiger partial charge is 0.135 e. The number of hydrogen-bond acceptors (Lipinski definition) is 1. The van der Waals surface area contributed by atoms with Gasteiger partial charge in [-0.2, -0.15) is 0 Å². The summed E-state index contributed by atoms with van der Waals surface area (Å²) in [4.78, 5) is 0. The van der Waals surface area contributed by atoms with Crippen LogP contribution < -0.4 is 0 Å². The van der Waals surface area contributed by atoms with Crippen LogP contribution in [0, 0.1) is 0 Å². The Balaban J connectivity index is 1.25. The number of furan rings is 1. The second-order valence-electron chi connectivity index (χ2n) is 10.8. The van der Waals surface area contributed by atoms with E-state index in [2.05, 4.69) is 0 Å². The lowest BCUT2D eigenvalue weighted by Gasteiger charge is -2.18. The van der Waals surface area contributed by atoms with E-state index >= 15 is 0 Å². The van der Waals surface area contributed by atoms with Crippen molar-refractivity contribution >= 4 is 43.5 Å². The molecule has 0 aliphatic carbocycles. The molecule has 0 atom stereocenters. The molecule has 0 unspecified atom stereocenters. The SMILES string of the molecule is [2H]c1c([2H])c([2H])c(-c2ccc(-c3c4ccccc4c(-c4cccc(-c5c([2H])c([2H])c6oc7c([2H])c([2H])c([2H])c([2H])c7c6c5[2H])c4)c4ccccc34)cc2)c([2H])c1[2H]. The predicted octanol–water partition coefficient (Wildman–Crippen LogP) is 12.6. The zero-order valence-electron chi connectivity index (χ0n) is 35.6. The molecule has 0 saturated heterocycles. The third-order valence-electron chi connectivity index (χ3n) is 8.22. The minimum absolute atomic E-state index is 0.000765. The van der Waals surface area contributed by atoms with Crippen molar-refractivity contribution in [3.8, 4) is 44.5 Å². The first-order chi connectivity index (χ1) is 27.3. The number of hydrogen-bond donors (Lipinski definition) is 0. The molecular weight excluding hydrogens is 544 g/mol. The van der Waals surface area contributed by atoms with Gasteiger partial charge in [-0.25, -0.2) is 0 Å². The molecule has 0 fully saturated rings. The van der Waals surface area contributed by atoms with E-state index in [1.54, 1.807) is 18.2 Å². The van der Waals surface area contributed by atoms with Crippen LogP contribution in [-0.4, -0.2) is 0 Å². The van der Waals surface area contributed by atoms with Gasteiger partial charge >= 0.3 is 0 Å². The van der Waals surface area contributed by atoms with Gasteiger partial charge in [-0.3, -0.25) is 0 Å². The monoisotopic (exact) mass is 584 g/mol. The number of rotatable bonds is 4. The van der Waals surface area contributed by atoms with Crippen molar-refractivity contribution in [1.82, 2.24) is 0 Å². The van der Waals surface area contributed by atoms with E-state index < -0.39 is 36.3 Å². The van der Waals surface area contributed by atoms with E-state index in [0.29, 0.717) is 11.1 Å². The third-order valence-corrected chi connectivity index (χ3v) is 8.22. The molecule has 45 heavy (non-hydrogen) atoms. The van der Waals surface area contributed by atoms with Gasteiger partial charge in [0.2, 0.25) is 0 Å². The molecule has 1 nitrogen and oxygen atoms in total. The molecule has 0 radical (unpaired) electrons. The lowest BCUT2D eigenvalue weighted by atomic mass is 9.85. The Bertz CT molecular complexity index is 3120. The van der Waals surface area contributed by atoms with Crippen LogP contribution in [0.25, 0.3) is 88.0 Å². The van der Waals surface area contributed by atoms with Gasteiger partial charge in [0.25, 0.3) is 0 Å². The van der Waals surface area contributed by atoms with Crippen LogP contribution >= 0.6 is 0 Å². The molecule has 0 spiro atoms. The lowest BCUT2D eigenvalue weighted by Crippen LogP contribution is -1.91. The normalized spacial score (nSPS) is 15.3. The average Bonchev–Trinajstić information content (AvgIpc) is 3.64. The quantitative estimate of drug-likeness (QED) is 0.188. The fourth-order valence-corrected chi connectivity index (χ4v) is 6.23. The summed E-state index contributed by atoms with van der Waals surface area (Å²) in [6.07, 6.45) is 0. The van der Waals surface area contributed by atoms with Gasteiger partial charge < -0.3 is 4.42 Å². The van der Waals surface area contributed by atoms with E-state index in [9.17, 15) is 1.37 Å². The molecule has 0 bridgehead atoms. The fraction of sp³-hybridized carbons (Fsp3) is 0. The average molecular weight is 585 g/mol. The summed E-state index contributed by atoms with van der Waals surface area (Å²) in [6.45, 7) is 0. The second-order valence-corrected chi connectivity index (χ2v) is 10.8. The molecule has 0 saturated carbocycles. The van der Waals surface area contributed by atoms with Crippen molar-refractivity contribution in [3.05, 3.63) is 170 Å². The molecule has 9 rings (SSSR count). The molecule has 0 amide bonds. The van der Waals surface area contributed by atoms with Crippen molar-refractivity contribution in [2.75, 3.05) is 0 Å². The van der Waals surface area contributed by atoms with Gasteiger partial charge in [-0.1, -0.05) is 145 Å². The lowest BCUT2D eigenvalue weighted by molar-refractivity contribution is 0.669. The largest absolute Gasteiger partial charge is 0.456 e. The standard InChI is InChI=1S/C44H28O/c1-2-11-29(12-3-1)30-21-23-31(24-22-30)43-36-16-4-6-18-38(36)44(39-19-7-5-17-37(39)43)34-14-10-13-32(27-34)33-25-26-42-40(28-33)35-15-8-9-20-41(35)45-42/h1-28H/i1D,2D,3D,8D,9D,11D,12D,15D,20D,25D,26D,28D. The molecule has 0 aliphatic rings. The van der Waals surface area contributed by atoms with Gasteiger partial charge in [-0.15, -0.1) is 0 Å². The Kier molecular flexibility index (Phi) is 3.74. The number of para-hydroxylation sites is 1. The van der Waals surface area contributed by atoms with Crippen molar-refractivity contribution in [2.45, 2.75) is 0 Å². The first-order valence-electron chi connectivity index (χ1n) is 20.5. The summed E-state index contributed by atoms with van der Waals surface area (Å²) in [5.41, 5.74) is 4.43. The Morgan fingerprint density at radius 1 is 0.356 bits per heavy atom. The van der Waals surface area contributed by atoms with E-state index in [4.69, 9.17) is 19.5 Å². The van der Waals surface area contributed by atoms with Crippen molar-refractivity contribution in [1.29, 1.82) is 0 Å². The topological polar surface area (TPSA) is 13.1 Å². The van der Waals surface area contributed by atoms with Crippen LogP contribution in [0.4, 0.5) is 0 Å². The van der Waals surface area contributed by atoms with Crippen LogP contribution in [-0.2, 0) is 0 Å². The van der Waals surface area contributed by atoms with E-state index in [0.717, 1.165) is 43.8 Å². The molecule has 0 aliphatic heterocycles. The summed E-state index contributed by atoms with van der Waals surface area (Å²) >= 11 is 0. The molecule has 1 aromatic heterocycles.